The van der Waals surface area contributed by atoms with Crippen LogP contribution in [0.25, 0.3) is 10.1 Å². The highest BCUT2D eigenvalue weighted by Gasteiger charge is 2.52. The standard InChI is InChI=1S/C15H19BO2S/c1-10-13(11-8-6-7-9-12(11)19-10)16-17-14(2,3)15(4,5)18-16/h6-9H,1-5H3. The minimum Gasteiger partial charge on any atom is -0.399 e. The molecule has 3 rings (SSSR count). The van der Waals surface area contributed by atoms with Crippen molar-refractivity contribution in [2.45, 2.75) is 45.8 Å². The zero-order valence-electron chi connectivity index (χ0n) is 12.1. The largest absolute Gasteiger partial charge is 0.496 e. The van der Waals surface area contributed by atoms with Gasteiger partial charge in [-0.25, -0.2) is 0 Å². The van der Waals surface area contributed by atoms with Crippen LogP contribution in [0.5, 0.6) is 0 Å². The molecule has 0 radical (unpaired) electrons. The van der Waals surface area contributed by atoms with Crippen LogP contribution < -0.4 is 5.46 Å². The van der Waals surface area contributed by atoms with Gasteiger partial charge in [0.05, 0.1) is 11.2 Å². The quantitative estimate of drug-likeness (QED) is 0.741. The Labute approximate surface area is 118 Å². The van der Waals surface area contributed by atoms with Gasteiger partial charge in [0, 0.05) is 15.0 Å². The average Bonchev–Trinajstić information content (AvgIpc) is 2.72. The van der Waals surface area contributed by atoms with Gasteiger partial charge in [0.1, 0.15) is 0 Å². The maximum absolute atomic E-state index is 6.18. The van der Waals surface area contributed by atoms with Gasteiger partial charge in [0.2, 0.25) is 0 Å². The van der Waals surface area contributed by atoms with Crippen LogP contribution in [0, 0.1) is 6.92 Å². The van der Waals surface area contributed by atoms with Crippen LogP contribution in [-0.2, 0) is 9.31 Å². The molecule has 4 heteroatoms. The Morgan fingerprint density at radius 2 is 1.58 bits per heavy atom. The molecule has 0 spiro atoms. The number of hydrogen-bond acceptors (Lipinski definition) is 3. The Morgan fingerprint density at radius 1 is 1.00 bits per heavy atom. The molecule has 100 valence electrons. The van der Waals surface area contributed by atoms with Crippen molar-refractivity contribution in [3.63, 3.8) is 0 Å². The van der Waals surface area contributed by atoms with Gasteiger partial charge in [-0.1, -0.05) is 18.2 Å². The van der Waals surface area contributed by atoms with E-state index in [-0.39, 0.29) is 18.3 Å². The lowest BCUT2D eigenvalue weighted by Crippen LogP contribution is -2.41. The van der Waals surface area contributed by atoms with Crippen molar-refractivity contribution in [3.05, 3.63) is 29.1 Å². The van der Waals surface area contributed by atoms with Crippen LogP contribution in [0.4, 0.5) is 0 Å². The van der Waals surface area contributed by atoms with E-state index in [9.17, 15) is 0 Å². The minimum atomic E-state index is -0.285. The minimum absolute atomic E-state index is 0.263. The zero-order chi connectivity index (χ0) is 13.8. The molecule has 0 atom stereocenters. The van der Waals surface area contributed by atoms with Crippen molar-refractivity contribution < 1.29 is 9.31 Å². The third-order valence-corrected chi connectivity index (χ3v) is 5.41. The summed E-state index contributed by atoms with van der Waals surface area (Å²) >= 11 is 1.81. The van der Waals surface area contributed by atoms with Gasteiger partial charge in [-0.3, -0.25) is 0 Å². The summed E-state index contributed by atoms with van der Waals surface area (Å²) < 4.78 is 13.7. The Balaban J connectivity index is 2.10. The van der Waals surface area contributed by atoms with Crippen molar-refractivity contribution in [2.75, 3.05) is 0 Å². The van der Waals surface area contributed by atoms with E-state index in [1.54, 1.807) is 11.3 Å². The lowest BCUT2D eigenvalue weighted by Gasteiger charge is -2.32. The number of thiophene rings is 1. The van der Waals surface area contributed by atoms with Gasteiger partial charge in [-0.2, -0.15) is 0 Å². The maximum atomic E-state index is 6.18. The van der Waals surface area contributed by atoms with Crippen LogP contribution in [0.1, 0.15) is 32.6 Å². The first-order valence-corrected chi connectivity index (χ1v) is 7.47. The molecule has 2 aromatic rings. The Morgan fingerprint density at radius 3 is 2.21 bits per heavy atom. The van der Waals surface area contributed by atoms with Crippen LogP contribution in [0.3, 0.4) is 0 Å². The second kappa shape index (κ2) is 4.08. The molecule has 1 aliphatic rings. The fourth-order valence-electron chi connectivity index (χ4n) is 2.44. The van der Waals surface area contributed by atoms with Gasteiger partial charge in [-0.15, -0.1) is 11.3 Å². The third-order valence-electron chi connectivity index (χ3n) is 4.31. The summed E-state index contributed by atoms with van der Waals surface area (Å²) in [5.74, 6) is 0. The number of hydrogen-bond donors (Lipinski definition) is 0. The predicted molar refractivity (Wildman–Crippen MR) is 82.3 cm³/mol. The van der Waals surface area contributed by atoms with Gasteiger partial charge in [0.15, 0.2) is 0 Å². The Hall–Kier alpha value is -0.835. The molecule has 0 amide bonds. The second-order valence-corrected chi connectivity index (χ2v) is 7.41. The fourth-order valence-corrected chi connectivity index (χ4v) is 3.52. The Kier molecular flexibility index (Phi) is 2.82. The molecule has 1 aliphatic heterocycles. The molecule has 1 fully saturated rings. The molecule has 0 aliphatic carbocycles. The van der Waals surface area contributed by atoms with Crippen molar-refractivity contribution in [1.29, 1.82) is 0 Å². The van der Waals surface area contributed by atoms with Gasteiger partial charge in [0.25, 0.3) is 0 Å². The topological polar surface area (TPSA) is 18.5 Å². The first kappa shape index (κ1) is 13.2. The maximum Gasteiger partial charge on any atom is 0.496 e. The lowest BCUT2D eigenvalue weighted by molar-refractivity contribution is 0.00578. The van der Waals surface area contributed by atoms with E-state index in [4.69, 9.17) is 9.31 Å². The molecule has 19 heavy (non-hydrogen) atoms. The molecule has 0 bridgehead atoms. The highest BCUT2D eigenvalue weighted by molar-refractivity contribution is 7.20. The van der Waals surface area contributed by atoms with E-state index in [0.29, 0.717) is 0 Å². The van der Waals surface area contributed by atoms with E-state index in [1.165, 1.54) is 20.4 Å². The fraction of sp³-hybridized carbons (Fsp3) is 0.467. The van der Waals surface area contributed by atoms with Gasteiger partial charge in [-0.05, 0) is 46.1 Å². The first-order chi connectivity index (χ1) is 8.82. The van der Waals surface area contributed by atoms with E-state index in [1.807, 2.05) is 0 Å². The number of aryl methyl sites for hydroxylation is 1. The van der Waals surface area contributed by atoms with Crippen LogP contribution in [0.2, 0.25) is 0 Å². The SMILES string of the molecule is Cc1sc2ccccc2c1B1OC(C)(C)C(C)(C)O1. The number of fused-ring (bicyclic) bond motifs is 1. The third kappa shape index (κ3) is 1.94. The summed E-state index contributed by atoms with van der Waals surface area (Å²) in [5.41, 5.74) is 0.625. The second-order valence-electron chi connectivity index (χ2n) is 6.16. The molecule has 1 saturated heterocycles. The van der Waals surface area contributed by atoms with Crippen molar-refractivity contribution in [3.8, 4) is 0 Å². The lowest BCUT2D eigenvalue weighted by atomic mass is 9.77. The van der Waals surface area contributed by atoms with Crippen LogP contribution >= 0.6 is 11.3 Å². The van der Waals surface area contributed by atoms with Gasteiger partial charge < -0.3 is 9.31 Å². The monoisotopic (exact) mass is 274 g/mol. The average molecular weight is 274 g/mol. The summed E-state index contributed by atoms with van der Waals surface area (Å²) in [6.07, 6.45) is 0. The number of rotatable bonds is 1. The van der Waals surface area contributed by atoms with E-state index in [2.05, 4.69) is 58.9 Å². The smallest absolute Gasteiger partial charge is 0.399 e. The van der Waals surface area contributed by atoms with Gasteiger partial charge >= 0.3 is 7.12 Å². The van der Waals surface area contributed by atoms with Crippen LogP contribution in [0.15, 0.2) is 24.3 Å². The summed E-state index contributed by atoms with van der Waals surface area (Å²) in [7, 11) is -0.263. The van der Waals surface area contributed by atoms with Crippen LogP contribution in [-0.4, -0.2) is 18.3 Å². The summed E-state index contributed by atoms with van der Waals surface area (Å²) in [4.78, 5) is 1.28. The molecular weight excluding hydrogens is 255 g/mol. The Bertz CT molecular complexity index is 614. The normalized spacial score (nSPS) is 21.2. The molecule has 0 unspecified atom stereocenters. The van der Waals surface area contributed by atoms with Crippen molar-refractivity contribution in [2.24, 2.45) is 0 Å². The molecule has 1 aromatic heterocycles. The first-order valence-electron chi connectivity index (χ1n) is 6.65. The summed E-state index contributed by atoms with van der Waals surface area (Å²) in [6.45, 7) is 10.5. The van der Waals surface area contributed by atoms with Crippen molar-refractivity contribution in [1.82, 2.24) is 0 Å². The van der Waals surface area contributed by atoms with E-state index < -0.39 is 0 Å². The molecule has 1 aromatic carbocycles. The highest BCUT2D eigenvalue weighted by Crippen LogP contribution is 2.38. The molecular formula is C15H19BO2S. The van der Waals surface area contributed by atoms with Crippen molar-refractivity contribution >= 4 is 34.0 Å². The molecule has 0 N–H and O–H groups in total. The predicted octanol–water partition coefficient (Wildman–Crippen LogP) is 3.51. The summed E-state index contributed by atoms with van der Waals surface area (Å²) in [5, 5.41) is 1.25. The zero-order valence-corrected chi connectivity index (χ0v) is 12.9. The molecule has 2 heterocycles. The number of benzene rings is 1. The molecule has 2 nitrogen and oxygen atoms in total. The highest BCUT2D eigenvalue weighted by atomic mass is 32.1. The molecule has 0 saturated carbocycles. The van der Waals surface area contributed by atoms with E-state index in [0.717, 1.165) is 0 Å². The van der Waals surface area contributed by atoms with E-state index >= 15 is 0 Å². The summed E-state index contributed by atoms with van der Waals surface area (Å²) in [6, 6.07) is 8.45.